The van der Waals surface area contributed by atoms with E-state index in [1.54, 1.807) is 5.32 Å². The molecule has 0 radical (unpaired) electrons. The fourth-order valence-electron chi connectivity index (χ4n) is 2.51. The van der Waals surface area contributed by atoms with Crippen LogP contribution in [0.2, 0.25) is 0 Å². The molecule has 0 fully saturated rings. The first kappa shape index (κ1) is 27.8. The van der Waals surface area contributed by atoms with Gasteiger partial charge in [0, 0.05) is 11.3 Å². The summed E-state index contributed by atoms with van der Waals surface area (Å²) in [7, 11) is 0.590. The molecule has 0 saturated heterocycles. The van der Waals surface area contributed by atoms with Gasteiger partial charge in [0.25, 0.3) is 5.60 Å². The highest BCUT2D eigenvalue weighted by atomic mass is 19.4. The molecule has 33 heavy (non-hydrogen) atoms. The number of rotatable bonds is 8. The largest absolute Gasteiger partial charge is 0.466 e. The van der Waals surface area contributed by atoms with Gasteiger partial charge in [0.2, 0.25) is 0 Å². The van der Waals surface area contributed by atoms with Gasteiger partial charge in [0.05, 0.1) is 20.3 Å². The van der Waals surface area contributed by atoms with E-state index in [9.17, 15) is 45.8 Å². The molecule has 0 saturated carbocycles. The third-order valence-corrected chi connectivity index (χ3v) is 4.10. The first-order valence-electron chi connectivity index (χ1n) is 9.05. The number of alkyl halides is 6. The summed E-state index contributed by atoms with van der Waals surface area (Å²) < 4.78 is 94.5. The smallest absolute Gasteiger partial charge is 0.442 e. The van der Waals surface area contributed by atoms with E-state index in [1.165, 1.54) is 19.2 Å². The van der Waals surface area contributed by atoms with Crippen LogP contribution in [0, 0.1) is 0 Å². The molecule has 0 aliphatic rings. The highest BCUT2D eigenvalue weighted by molar-refractivity contribution is 5.89. The van der Waals surface area contributed by atoms with Crippen molar-refractivity contribution >= 4 is 23.7 Å². The number of anilines is 1. The maximum absolute atomic E-state index is 13.9. The number of hydrogen-bond acceptors (Lipinski definition) is 8. The minimum absolute atomic E-state index is 0.346. The number of ether oxygens (including phenoxy) is 3. The van der Waals surface area contributed by atoms with Crippen LogP contribution in [0.1, 0.15) is 19.4 Å². The number of hydrogen-bond donors (Lipinski definition) is 3. The fraction of sp³-hybridized carbons (Fsp3) is 0.500. The molecular formula is C18H20F6N2O7. The number of methoxy groups -OCH3 is 1. The van der Waals surface area contributed by atoms with Crippen molar-refractivity contribution in [1.29, 1.82) is 0 Å². The molecular weight excluding hydrogens is 470 g/mol. The number of carbonyl (C=O) groups excluding carboxylic acids is 3. The van der Waals surface area contributed by atoms with Gasteiger partial charge in [-0.15, -0.1) is 0 Å². The summed E-state index contributed by atoms with van der Waals surface area (Å²) in [5.41, 5.74) is -9.74. The van der Waals surface area contributed by atoms with Gasteiger partial charge in [-0.1, -0.05) is 12.1 Å². The van der Waals surface area contributed by atoms with Gasteiger partial charge in [-0.05, 0) is 26.0 Å². The summed E-state index contributed by atoms with van der Waals surface area (Å²) in [6.45, 7) is 1.62. The third-order valence-electron chi connectivity index (χ3n) is 4.10. The number of aliphatic hydroxyl groups is 1. The van der Waals surface area contributed by atoms with Crippen LogP contribution in [-0.2, 0) is 29.4 Å². The van der Waals surface area contributed by atoms with Gasteiger partial charge in [0.15, 0.2) is 0 Å². The van der Waals surface area contributed by atoms with Crippen molar-refractivity contribution in [3.05, 3.63) is 29.8 Å². The summed E-state index contributed by atoms with van der Waals surface area (Å²) in [6, 6.07) is 2.15. The van der Waals surface area contributed by atoms with Gasteiger partial charge in [0.1, 0.15) is 0 Å². The van der Waals surface area contributed by atoms with Crippen LogP contribution in [0.25, 0.3) is 0 Å². The number of benzene rings is 1. The van der Waals surface area contributed by atoms with Crippen LogP contribution >= 0.6 is 0 Å². The summed E-state index contributed by atoms with van der Waals surface area (Å²) in [5, 5.41) is 12.9. The predicted octanol–water partition coefficient (Wildman–Crippen LogP) is 2.59. The van der Waals surface area contributed by atoms with Gasteiger partial charge >= 0.3 is 36.0 Å². The minimum atomic E-state index is -5.54. The Morgan fingerprint density at radius 1 is 0.879 bits per heavy atom. The van der Waals surface area contributed by atoms with Crippen LogP contribution < -0.4 is 10.6 Å². The zero-order valence-corrected chi connectivity index (χ0v) is 17.4. The third kappa shape index (κ3) is 5.58. The number of halogens is 6. The highest BCUT2D eigenvalue weighted by Crippen LogP contribution is 2.41. The van der Waals surface area contributed by atoms with E-state index in [0.717, 1.165) is 0 Å². The summed E-state index contributed by atoms with van der Waals surface area (Å²) in [6.07, 6.45) is -12.7. The molecule has 1 aromatic carbocycles. The normalized spacial score (nSPS) is 15.5. The molecule has 0 aliphatic carbocycles. The van der Waals surface area contributed by atoms with Crippen LogP contribution in [-0.4, -0.2) is 61.5 Å². The molecule has 0 aliphatic heterocycles. The van der Waals surface area contributed by atoms with Crippen LogP contribution in [0.4, 0.5) is 36.8 Å². The Bertz CT molecular complexity index is 859. The molecule has 0 heterocycles. The van der Waals surface area contributed by atoms with E-state index in [0.29, 0.717) is 31.4 Å². The quantitative estimate of drug-likeness (QED) is 0.220. The Kier molecular flexibility index (Phi) is 8.55. The zero-order chi connectivity index (χ0) is 25.7. The van der Waals surface area contributed by atoms with Crippen LogP contribution in [0.15, 0.2) is 24.3 Å². The lowest BCUT2D eigenvalue weighted by molar-refractivity contribution is -0.266. The molecule has 0 spiro atoms. The first-order chi connectivity index (χ1) is 15.1. The molecule has 1 aromatic rings. The fourth-order valence-corrected chi connectivity index (χ4v) is 2.51. The minimum Gasteiger partial charge on any atom is -0.466 e. The van der Waals surface area contributed by atoms with E-state index >= 15 is 0 Å². The summed E-state index contributed by atoms with van der Waals surface area (Å²) in [4.78, 5) is 35.5. The Morgan fingerprint density at radius 3 is 1.79 bits per heavy atom. The van der Waals surface area contributed by atoms with Crippen molar-refractivity contribution in [1.82, 2.24) is 5.32 Å². The SMILES string of the molecule is CCOC(=O)N[C@@](Nc1ccc([C@](O)(C(=O)OC)C(F)(F)F)cc1)(C(=O)OCC)C(F)(F)F. The summed E-state index contributed by atoms with van der Waals surface area (Å²) >= 11 is 0. The molecule has 3 N–H and O–H groups in total. The Morgan fingerprint density at radius 2 is 1.39 bits per heavy atom. The molecule has 15 heteroatoms. The molecule has 0 unspecified atom stereocenters. The van der Waals surface area contributed by atoms with Crippen molar-refractivity contribution in [3.63, 3.8) is 0 Å². The van der Waals surface area contributed by atoms with Crippen molar-refractivity contribution in [3.8, 4) is 0 Å². The second-order valence-electron chi connectivity index (χ2n) is 6.22. The lowest BCUT2D eigenvalue weighted by atomic mass is 9.93. The average Bonchev–Trinajstić information content (AvgIpc) is 2.71. The molecule has 9 nitrogen and oxygen atoms in total. The van der Waals surface area contributed by atoms with E-state index in [2.05, 4.69) is 14.2 Å². The number of amides is 1. The second-order valence-corrected chi connectivity index (χ2v) is 6.22. The van der Waals surface area contributed by atoms with E-state index in [4.69, 9.17) is 0 Å². The molecule has 0 bridgehead atoms. The van der Waals surface area contributed by atoms with Crippen LogP contribution in [0.3, 0.4) is 0 Å². The lowest BCUT2D eigenvalue weighted by Gasteiger charge is -2.35. The number of nitrogens with one attached hydrogen (secondary N) is 2. The van der Waals surface area contributed by atoms with Crippen molar-refractivity contribution in [2.75, 3.05) is 25.6 Å². The van der Waals surface area contributed by atoms with Gasteiger partial charge < -0.3 is 24.6 Å². The molecule has 1 amide bonds. The molecule has 186 valence electrons. The van der Waals surface area contributed by atoms with Crippen molar-refractivity contribution < 1.29 is 60.0 Å². The molecule has 2 atom stereocenters. The molecule has 0 aromatic heterocycles. The predicted molar refractivity (Wildman–Crippen MR) is 97.6 cm³/mol. The highest BCUT2D eigenvalue weighted by Gasteiger charge is 2.64. The summed E-state index contributed by atoms with van der Waals surface area (Å²) in [5.74, 6) is -4.08. The topological polar surface area (TPSA) is 123 Å². The van der Waals surface area contributed by atoms with E-state index in [1.807, 2.05) is 0 Å². The van der Waals surface area contributed by atoms with Gasteiger partial charge in [-0.25, -0.2) is 14.4 Å². The molecule has 1 rings (SSSR count). The zero-order valence-electron chi connectivity index (χ0n) is 17.4. The number of carbonyl (C=O) groups is 3. The van der Waals surface area contributed by atoms with Crippen molar-refractivity contribution in [2.24, 2.45) is 0 Å². The van der Waals surface area contributed by atoms with Gasteiger partial charge in [-0.2, -0.15) is 26.3 Å². The van der Waals surface area contributed by atoms with Gasteiger partial charge in [-0.3, -0.25) is 5.32 Å². The first-order valence-corrected chi connectivity index (χ1v) is 9.05. The monoisotopic (exact) mass is 490 g/mol. The number of esters is 2. The number of alkyl carbamates (subject to hydrolysis) is 1. The Labute approximate surface area is 183 Å². The van der Waals surface area contributed by atoms with Crippen LogP contribution in [0.5, 0.6) is 0 Å². The van der Waals surface area contributed by atoms with Crippen molar-refractivity contribution in [2.45, 2.75) is 37.5 Å². The lowest BCUT2D eigenvalue weighted by Crippen LogP contribution is -2.69. The maximum Gasteiger partial charge on any atom is 0.442 e. The Hall–Kier alpha value is -3.23. The maximum atomic E-state index is 13.9. The van der Waals surface area contributed by atoms with E-state index < -0.39 is 59.5 Å². The Balaban J connectivity index is 3.51. The second kappa shape index (κ2) is 10.1. The average molecular weight is 490 g/mol. The standard InChI is InChI=1S/C18H20F6N2O7/c1-4-32-13(28)16(18(22,23)24,26-14(29)33-5-2)25-11-8-6-10(7-9-11)15(30,12(27)31-3)17(19,20)21/h6-9,25,30H,4-5H2,1-3H3,(H,26,29)/t15-,16-/m0/s1. The van der Waals surface area contributed by atoms with E-state index in [-0.39, 0.29) is 6.61 Å².